The van der Waals surface area contributed by atoms with Gasteiger partial charge in [-0.25, -0.2) is 8.42 Å². The van der Waals surface area contributed by atoms with E-state index in [1.807, 2.05) is 13.8 Å². The second kappa shape index (κ2) is 7.70. The number of hydrogen-bond acceptors (Lipinski definition) is 6. The number of benzene rings is 1. The molecule has 0 atom stereocenters. The molecule has 1 fully saturated rings. The number of sulfonamides is 1. The van der Waals surface area contributed by atoms with Gasteiger partial charge in [0.05, 0.1) is 4.90 Å². The predicted molar refractivity (Wildman–Crippen MR) is 92.2 cm³/mol. The van der Waals surface area contributed by atoms with E-state index in [2.05, 4.69) is 14.9 Å². The Labute approximate surface area is 160 Å². The average molecular weight is 419 g/mol. The number of halogens is 3. The fourth-order valence-corrected chi connectivity index (χ4v) is 4.42. The summed E-state index contributed by atoms with van der Waals surface area (Å²) in [6.45, 7) is 4.40. The highest BCUT2D eigenvalue weighted by atomic mass is 32.2. The third-order valence-corrected chi connectivity index (χ3v) is 6.36. The molecular weight excluding hydrogens is 399 g/mol. The Morgan fingerprint density at radius 2 is 1.75 bits per heavy atom. The zero-order valence-corrected chi connectivity index (χ0v) is 16.1. The van der Waals surface area contributed by atoms with Crippen molar-refractivity contribution in [1.82, 2.24) is 14.5 Å². The number of hydrogen-bond donors (Lipinski definition) is 0. The van der Waals surface area contributed by atoms with Crippen LogP contribution in [0.25, 0.3) is 0 Å². The van der Waals surface area contributed by atoms with Crippen LogP contribution in [0.5, 0.6) is 5.75 Å². The molecule has 28 heavy (non-hydrogen) atoms. The zero-order chi connectivity index (χ0) is 20.5. The number of alkyl halides is 3. The van der Waals surface area contributed by atoms with Crippen molar-refractivity contribution in [2.45, 2.75) is 49.8 Å². The fourth-order valence-electron chi connectivity index (χ4n) is 2.95. The summed E-state index contributed by atoms with van der Waals surface area (Å²) in [4.78, 5) is -0.0830. The molecule has 0 N–H and O–H groups in total. The molecule has 11 heteroatoms. The molecule has 0 radical (unpaired) electrons. The molecule has 0 spiro atoms. The molecule has 1 aromatic carbocycles. The maximum Gasteiger partial charge on any atom is 0.573 e. The summed E-state index contributed by atoms with van der Waals surface area (Å²) in [7, 11) is -3.81. The number of piperidine rings is 1. The highest BCUT2D eigenvalue weighted by molar-refractivity contribution is 7.89. The Bertz CT molecular complexity index is 902. The monoisotopic (exact) mass is 419 g/mol. The van der Waals surface area contributed by atoms with Crippen molar-refractivity contribution in [2.24, 2.45) is 0 Å². The second-order valence-corrected chi connectivity index (χ2v) is 8.77. The molecule has 1 aliphatic rings. The lowest BCUT2D eigenvalue weighted by Gasteiger charge is -2.29. The summed E-state index contributed by atoms with van der Waals surface area (Å²) in [5.74, 6) is 0.683. The Morgan fingerprint density at radius 3 is 2.25 bits per heavy atom. The molecule has 154 valence electrons. The maximum absolute atomic E-state index is 12.7. The lowest BCUT2D eigenvalue weighted by molar-refractivity contribution is -0.274. The van der Waals surface area contributed by atoms with Crippen molar-refractivity contribution in [3.05, 3.63) is 36.0 Å². The molecule has 0 bridgehead atoms. The van der Waals surface area contributed by atoms with Crippen LogP contribution in [-0.4, -0.2) is 42.4 Å². The largest absolute Gasteiger partial charge is 0.573 e. The van der Waals surface area contributed by atoms with E-state index in [4.69, 9.17) is 4.42 Å². The van der Waals surface area contributed by atoms with E-state index in [0.717, 1.165) is 24.3 Å². The van der Waals surface area contributed by atoms with Crippen molar-refractivity contribution in [1.29, 1.82) is 0 Å². The van der Waals surface area contributed by atoms with Gasteiger partial charge in [0.15, 0.2) is 0 Å². The highest BCUT2D eigenvalue weighted by Gasteiger charge is 2.33. The summed E-state index contributed by atoms with van der Waals surface area (Å²) in [5.41, 5.74) is 0. The first kappa shape index (κ1) is 20.6. The van der Waals surface area contributed by atoms with E-state index >= 15 is 0 Å². The highest BCUT2D eigenvalue weighted by Crippen LogP contribution is 2.31. The van der Waals surface area contributed by atoms with Crippen molar-refractivity contribution in [2.75, 3.05) is 13.1 Å². The third kappa shape index (κ3) is 4.64. The first-order valence-corrected chi connectivity index (χ1v) is 10.2. The minimum absolute atomic E-state index is 0.0194. The Morgan fingerprint density at radius 1 is 1.14 bits per heavy atom. The molecule has 1 saturated heterocycles. The zero-order valence-electron chi connectivity index (χ0n) is 15.3. The lowest BCUT2D eigenvalue weighted by Crippen LogP contribution is -2.37. The molecule has 3 rings (SSSR count). The summed E-state index contributed by atoms with van der Waals surface area (Å²) < 4.78 is 72.9. The quantitative estimate of drug-likeness (QED) is 0.735. The normalized spacial score (nSPS) is 17.2. The van der Waals surface area contributed by atoms with Crippen LogP contribution in [0.4, 0.5) is 13.2 Å². The molecular formula is C17H20F3N3O4S. The van der Waals surface area contributed by atoms with Gasteiger partial charge in [-0.05, 0) is 37.1 Å². The van der Waals surface area contributed by atoms with E-state index in [1.165, 1.54) is 4.31 Å². The molecule has 0 unspecified atom stereocenters. The van der Waals surface area contributed by atoms with Gasteiger partial charge in [0.2, 0.25) is 21.8 Å². The van der Waals surface area contributed by atoms with E-state index in [1.54, 1.807) is 0 Å². The van der Waals surface area contributed by atoms with Gasteiger partial charge in [0.1, 0.15) is 5.75 Å². The van der Waals surface area contributed by atoms with Crippen LogP contribution in [0, 0.1) is 0 Å². The number of rotatable bonds is 5. The summed E-state index contributed by atoms with van der Waals surface area (Å²) >= 11 is 0. The molecule has 0 saturated carbocycles. The molecule has 0 amide bonds. The van der Waals surface area contributed by atoms with Gasteiger partial charge in [-0.3, -0.25) is 0 Å². The van der Waals surface area contributed by atoms with E-state index in [-0.39, 0.29) is 29.8 Å². The third-order valence-electron chi connectivity index (χ3n) is 4.45. The predicted octanol–water partition coefficient (Wildman–Crippen LogP) is 3.66. The number of aromatic nitrogens is 2. The molecule has 2 heterocycles. The van der Waals surface area contributed by atoms with Crippen molar-refractivity contribution in [3.63, 3.8) is 0 Å². The Kier molecular flexibility index (Phi) is 5.67. The average Bonchev–Trinajstić information content (AvgIpc) is 3.11. The first-order chi connectivity index (χ1) is 13.1. The first-order valence-electron chi connectivity index (χ1n) is 8.75. The van der Waals surface area contributed by atoms with Gasteiger partial charge in [0.25, 0.3) is 0 Å². The molecule has 7 nitrogen and oxygen atoms in total. The van der Waals surface area contributed by atoms with Gasteiger partial charge >= 0.3 is 6.36 Å². The van der Waals surface area contributed by atoms with Crippen molar-refractivity contribution < 1.29 is 30.7 Å². The van der Waals surface area contributed by atoms with E-state index < -0.39 is 22.1 Å². The van der Waals surface area contributed by atoms with E-state index in [9.17, 15) is 21.6 Å². The van der Waals surface area contributed by atoms with Gasteiger partial charge < -0.3 is 9.15 Å². The second-order valence-electron chi connectivity index (χ2n) is 6.83. The smallest absolute Gasteiger partial charge is 0.425 e. The van der Waals surface area contributed by atoms with Crippen molar-refractivity contribution >= 4 is 10.0 Å². The Balaban J connectivity index is 1.65. The van der Waals surface area contributed by atoms with Crippen LogP contribution < -0.4 is 4.74 Å². The van der Waals surface area contributed by atoms with Gasteiger partial charge in [-0.2, -0.15) is 4.31 Å². The SMILES string of the molecule is CC(C)c1nnc(C2CCN(S(=O)(=O)c3ccc(OC(F)(F)F)cc3)CC2)o1. The Hall–Kier alpha value is -2.14. The van der Waals surface area contributed by atoms with Crippen LogP contribution in [0.2, 0.25) is 0 Å². The standard InChI is InChI=1S/C17H20F3N3O4S/c1-11(2)15-21-22-16(26-15)12-7-9-23(10-8-12)28(24,25)14-5-3-13(4-6-14)27-17(18,19)20/h3-6,11-12H,7-10H2,1-2H3. The molecule has 2 aromatic rings. The van der Waals surface area contributed by atoms with Crippen LogP contribution in [0.15, 0.2) is 33.6 Å². The topological polar surface area (TPSA) is 85.5 Å². The molecule has 0 aliphatic carbocycles. The minimum Gasteiger partial charge on any atom is -0.425 e. The van der Waals surface area contributed by atoms with Crippen LogP contribution in [-0.2, 0) is 10.0 Å². The molecule has 1 aromatic heterocycles. The van der Waals surface area contributed by atoms with Crippen molar-refractivity contribution in [3.8, 4) is 5.75 Å². The summed E-state index contributed by atoms with van der Waals surface area (Å²) in [5, 5.41) is 8.05. The lowest BCUT2D eigenvalue weighted by atomic mass is 9.98. The van der Waals surface area contributed by atoms with Crippen LogP contribution in [0.3, 0.4) is 0 Å². The van der Waals surface area contributed by atoms with Gasteiger partial charge in [-0.1, -0.05) is 13.8 Å². The van der Waals surface area contributed by atoms with Gasteiger partial charge in [0, 0.05) is 24.9 Å². The fraction of sp³-hybridized carbons (Fsp3) is 0.529. The van der Waals surface area contributed by atoms with E-state index in [0.29, 0.717) is 24.6 Å². The number of nitrogens with zero attached hydrogens (tertiary/aromatic N) is 3. The van der Waals surface area contributed by atoms with Crippen LogP contribution >= 0.6 is 0 Å². The van der Waals surface area contributed by atoms with Crippen LogP contribution in [0.1, 0.15) is 50.3 Å². The maximum atomic E-state index is 12.7. The minimum atomic E-state index is -4.83. The molecule has 1 aliphatic heterocycles. The summed E-state index contributed by atoms with van der Waals surface area (Å²) in [6, 6.07) is 4.18. The number of ether oxygens (including phenoxy) is 1. The summed E-state index contributed by atoms with van der Waals surface area (Å²) in [6.07, 6.45) is -3.78. The van der Waals surface area contributed by atoms with Gasteiger partial charge in [-0.15, -0.1) is 23.4 Å².